The van der Waals surface area contributed by atoms with Crippen molar-refractivity contribution in [3.63, 3.8) is 0 Å². The molecule has 0 atom stereocenters. The van der Waals surface area contributed by atoms with Gasteiger partial charge in [0.05, 0.1) is 11.0 Å². The van der Waals surface area contributed by atoms with Crippen LogP contribution in [0.4, 0.5) is 0 Å². The maximum atomic E-state index is 12.0. The molecular weight excluding hydrogens is 242 g/mol. The molecule has 1 amide bonds. The Morgan fingerprint density at radius 3 is 2.68 bits per heavy atom. The van der Waals surface area contributed by atoms with E-state index in [1.165, 1.54) is 0 Å². The molecule has 0 unspecified atom stereocenters. The number of nitrogens with zero attached hydrogens (tertiary/aromatic N) is 1. The second-order valence-electron chi connectivity index (χ2n) is 5.68. The Morgan fingerprint density at radius 1 is 1.32 bits per heavy atom. The van der Waals surface area contributed by atoms with Crippen molar-refractivity contribution >= 4 is 16.9 Å². The lowest BCUT2D eigenvalue weighted by Crippen LogP contribution is -2.36. The van der Waals surface area contributed by atoms with Gasteiger partial charge in [-0.15, -0.1) is 0 Å². The van der Waals surface area contributed by atoms with Gasteiger partial charge in [-0.2, -0.15) is 0 Å². The van der Waals surface area contributed by atoms with E-state index in [4.69, 9.17) is 0 Å². The summed E-state index contributed by atoms with van der Waals surface area (Å²) in [6, 6.07) is 7.12. The Hall–Kier alpha value is -2.17. The molecule has 100 valence electrons. The molecule has 5 heteroatoms. The molecule has 0 fully saturated rings. The molecule has 0 aliphatic rings. The summed E-state index contributed by atoms with van der Waals surface area (Å²) >= 11 is 0. The first-order chi connectivity index (χ1) is 8.87. The molecule has 0 bridgehead atoms. The molecule has 1 aromatic carbocycles. The number of amides is 1. The minimum absolute atomic E-state index is 0.0424. The van der Waals surface area contributed by atoms with Crippen molar-refractivity contribution in [1.82, 2.24) is 15.3 Å². The zero-order chi connectivity index (χ0) is 14.0. The number of hydrogen-bond donors (Lipinski definition) is 2. The van der Waals surface area contributed by atoms with E-state index in [9.17, 15) is 9.59 Å². The highest BCUT2D eigenvalue weighted by Crippen LogP contribution is 2.10. The summed E-state index contributed by atoms with van der Waals surface area (Å²) in [5.41, 5.74) is 0.621. The number of nitrogens with one attached hydrogen (secondary N) is 2. The average molecular weight is 259 g/mol. The van der Waals surface area contributed by atoms with Gasteiger partial charge in [-0.05, 0) is 17.5 Å². The molecule has 5 nitrogen and oxygen atoms in total. The fourth-order valence-electron chi connectivity index (χ4n) is 1.61. The summed E-state index contributed by atoms with van der Waals surface area (Å²) < 4.78 is 0. The van der Waals surface area contributed by atoms with Crippen molar-refractivity contribution in [2.24, 2.45) is 5.41 Å². The van der Waals surface area contributed by atoms with Crippen LogP contribution in [0.3, 0.4) is 0 Å². The van der Waals surface area contributed by atoms with E-state index in [0.29, 0.717) is 17.6 Å². The molecular formula is C14H17N3O2. The van der Waals surface area contributed by atoms with E-state index in [-0.39, 0.29) is 11.1 Å². The van der Waals surface area contributed by atoms with Gasteiger partial charge in [-0.3, -0.25) is 9.59 Å². The van der Waals surface area contributed by atoms with Crippen LogP contribution >= 0.6 is 0 Å². The first-order valence-electron chi connectivity index (χ1n) is 6.14. The standard InChI is InChI=1S/C14H17N3O2/c1-14(2,3)8-15-12(18)11-13(19)17-10-7-5-4-6-9(10)16-11/h4-7H,8H2,1-3H3,(H,15,18)(H,17,19). The third-order valence-corrected chi connectivity index (χ3v) is 2.59. The smallest absolute Gasteiger partial charge is 0.280 e. The number of aromatic amines is 1. The largest absolute Gasteiger partial charge is 0.350 e. The van der Waals surface area contributed by atoms with E-state index in [1.54, 1.807) is 18.2 Å². The fraction of sp³-hybridized carbons (Fsp3) is 0.357. The van der Waals surface area contributed by atoms with Crippen molar-refractivity contribution in [1.29, 1.82) is 0 Å². The van der Waals surface area contributed by atoms with E-state index >= 15 is 0 Å². The van der Waals surface area contributed by atoms with E-state index in [0.717, 1.165) is 0 Å². The van der Waals surface area contributed by atoms with Crippen molar-refractivity contribution in [3.8, 4) is 0 Å². The number of aromatic nitrogens is 2. The molecule has 2 N–H and O–H groups in total. The highest BCUT2D eigenvalue weighted by atomic mass is 16.2. The lowest BCUT2D eigenvalue weighted by atomic mass is 9.97. The Balaban J connectivity index is 2.32. The number of H-pyrrole nitrogens is 1. The lowest BCUT2D eigenvalue weighted by molar-refractivity contribution is 0.0933. The number of carbonyl (C=O) groups excluding carboxylic acids is 1. The maximum absolute atomic E-state index is 12.0. The van der Waals surface area contributed by atoms with Crippen molar-refractivity contribution in [2.75, 3.05) is 6.54 Å². The topological polar surface area (TPSA) is 74.8 Å². The van der Waals surface area contributed by atoms with Gasteiger partial charge in [0.25, 0.3) is 11.5 Å². The molecule has 0 aliphatic heterocycles. The number of hydrogen-bond acceptors (Lipinski definition) is 3. The quantitative estimate of drug-likeness (QED) is 0.862. The van der Waals surface area contributed by atoms with Gasteiger partial charge in [-0.1, -0.05) is 32.9 Å². The molecule has 0 spiro atoms. The summed E-state index contributed by atoms with van der Waals surface area (Å²) in [5.74, 6) is -0.443. The molecule has 2 aromatic rings. The normalized spacial score (nSPS) is 11.5. The van der Waals surface area contributed by atoms with Gasteiger partial charge in [0.1, 0.15) is 0 Å². The van der Waals surface area contributed by atoms with E-state index in [1.807, 2.05) is 26.8 Å². The van der Waals surface area contributed by atoms with Crippen molar-refractivity contribution in [3.05, 3.63) is 40.3 Å². The summed E-state index contributed by atoms with van der Waals surface area (Å²) in [5, 5.41) is 2.72. The number of para-hydroxylation sites is 2. The molecule has 0 saturated carbocycles. The Labute approximate surface area is 111 Å². The maximum Gasteiger partial charge on any atom is 0.280 e. The van der Waals surface area contributed by atoms with Gasteiger partial charge in [0.2, 0.25) is 0 Å². The summed E-state index contributed by atoms with van der Waals surface area (Å²) in [7, 11) is 0. The molecule has 19 heavy (non-hydrogen) atoms. The predicted molar refractivity (Wildman–Crippen MR) is 74.2 cm³/mol. The van der Waals surface area contributed by atoms with Crippen LogP contribution in [0.25, 0.3) is 11.0 Å². The fourth-order valence-corrected chi connectivity index (χ4v) is 1.61. The SMILES string of the molecule is CC(C)(C)CNC(=O)c1nc2ccccc2[nH]c1=O. The van der Waals surface area contributed by atoms with Crippen LogP contribution in [0.2, 0.25) is 0 Å². The average Bonchev–Trinajstić information content (AvgIpc) is 2.34. The number of carbonyl (C=O) groups is 1. The molecule has 0 radical (unpaired) electrons. The van der Waals surface area contributed by atoms with Gasteiger partial charge < -0.3 is 10.3 Å². The zero-order valence-corrected chi connectivity index (χ0v) is 11.3. The predicted octanol–water partition coefficient (Wildman–Crippen LogP) is 1.70. The molecule has 0 saturated heterocycles. The monoisotopic (exact) mass is 259 g/mol. The van der Waals surface area contributed by atoms with Crippen LogP contribution in [0, 0.1) is 5.41 Å². The zero-order valence-electron chi connectivity index (χ0n) is 11.3. The lowest BCUT2D eigenvalue weighted by Gasteiger charge is -2.18. The van der Waals surface area contributed by atoms with Crippen molar-refractivity contribution < 1.29 is 4.79 Å². The highest BCUT2D eigenvalue weighted by molar-refractivity contribution is 5.93. The minimum Gasteiger partial charge on any atom is -0.350 e. The third-order valence-electron chi connectivity index (χ3n) is 2.59. The first kappa shape index (κ1) is 13.3. The van der Waals surface area contributed by atoms with Gasteiger partial charge in [0, 0.05) is 6.54 Å². The van der Waals surface area contributed by atoms with Crippen LogP contribution in [0.1, 0.15) is 31.3 Å². The van der Waals surface area contributed by atoms with Crippen LogP contribution < -0.4 is 10.9 Å². The van der Waals surface area contributed by atoms with E-state index < -0.39 is 11.5 Å². The van der Waals surface area contributed by atoms with Gasteiger partial charge in [-0.25, -0.2) is 4.98 Å². The van der Waals surface area contributed by atoms with Gasteiger partial charge in [0.15, 0.2) is 5.69 Å². The number of benzene rings is 1. The Bertz CT molecular complexity index is 668. The summed E-state index contributed by atoms with van der Waals surface area (Å²) in [4.78, 5) is 30.6. The summed E-state index contributed by atoms with van der Waals surface area (Å²) in [6.07, 6.45) is 0. The van der Waals surface area contributed by atoms with Crippen LogP contribution in [-0.4, -0.2) is 22.4 Å². The molecule has 2 rings (SSSR count). The van der Waals surface area contributed by atoms with Crippen LogP contribution in [0.15, 0.2) is 29.1 Å². The molecule has 1 heterocycles. The highest BCUT2D eigenvalue weighted by Gasteiger charge is 2.17. The van der Waals surface area contributed by atoms with Gasteiger partial charge >= 0.3 is 0 Å². The second kappa shape index (κ2) is 4.84. The molecule has 0 aliphatic carbocycles. The molecule has 1 aromatic heterocycles. The van der Waals surface area contributed by atoms with Crippen LogP contribution in [-0.2, 0) is 0 Å². The summed E-state index contributed by atoms with van der Waals surface area (Å²) in [6.45, 7) is 6.50. The Kier molecular flexibility index (Phi) is 3.38. The first-order valence-corrected chi connectivity index (χ1v) is 6.14. The number of rotatable bonds is 2. The number of fused-ring (bicyclic) bond motifs is 1. The minimum atomic E-state index is -0.467. The second-order valence-corrected chi connectivity index (χ2v) is 5.68. The Morgan fingerprint density at radius 2 is 2.00 bits per heavy atom. The third kappa shape index (κ3) is 3.19. The van der Waals surface area contributed by atoms with Crippen LogP contribution in [0.5, 0.6) is 0 Å². The van der Waals surface area contributed by atoms with Crippen molar-refractivity contribution in [2.45, 2.75) is 20.8 Å². The van der Waals surface area contributed by atoms with E-state index in [2.05, 4.69) is 15.3 Å².